The molecule has 1 aliphatic carbocycles. The molecule has 1 N–H and O–H groups in total. The minimum Gasteiger partial charge on any atom is -0.382 e. The zero-order chi connectivity index (χ0) is 14.9. The SMILES string of the molecule is Fc1ccc(NCC2CCC(C(F)(F)F)C2)c(F)c1Cl. The fourth-order valence-corrected chi connectivity index (χ4v) is 2.64. The van der Waals surface area contributed by atoms with Crippen molar-refractivity contribution in [1.82, 2.24) is 0 Å². The molecule has 1 aromatic carbocycles. The van der Waals surface area contributed by atoms with Gasteiger partial charge in [0.15, 0.2) is 5.82 Å². The molecule has 0 heterocycles. The van der Waals surface area contributed by atoms with E-state index in [4.69, 9.17) is 11.6 Å². The van der Waals surface area contributed by atoms with Crippen LogP contribution in [0.4, 0.5) is 27.6 Å². The maximum Gasteiger partial charge on any atom is 0.391 e. The predicted molar refractivity (Wildman–Crippen MR) is 66.7 cm³/mol. The Bertz CT molecular complexity index is 488. The maximum atomic E-state index is 13.6. The summed E-state index contributed by atoms with van der Waals surface area (Å²) >= 11 is 5.42. The van der Waals surface area contributed by atoms with Crippen LogP contribution in [0, 0.1) is 23.5 Å². The van der Waals surface area contributed by atoms with Gasteiger partial charge in [0, 0.05) is 6.54 Å². The summed E-state index contributed by atoms with van der Waals surface area (Å²) < 4.78 is 64.1. The smallest absolute Gasteiger partial charge is 0.382 e. The summed E-state index contributed by atoms with van der Waals surface area (Å²) in [5.41, 5.74) is 0.00635. The van der Waals surface area contributed by atoms with Crippen LogP contribution in [0.25, 0.3) is 0 Å². The fraction of sp³-hybridized carbons (Fsp3) is 0.538. The van der Waals surface area contributed by atoms with Crippen molar-refractivity contribution in [2.75, 3.05) is 11.9 Å². The van der Waals surface area contributed by atoms with E-state index in [1.54, 1.807) is 0 Å². The van der Waals surface area contributed by atoms with E-state index >= 15 is 0 Å². The minimum absolute atomic E-state index is 0.00635. The van der Waals surface area contributed by atoms with E-state index in [0.29, 0.717) is 6.42 Å². The topological polar surface area (TPSA) is 12.0 Å². The van der Waals surface area contributed by atoms with Crippen LogP contribution in [0.5, 0.6) is 0 Å². The summed E-state index contributed by atoms with van der Waals surface area (Å²) in [7, 11) is 0. The molecular weight excluding hydrogens is 301 g/mol. The average Bonchev–Trinajstić information content (AvgIpc) is 2.84. The number of alkyl halides is 3. The van der Waals surface area contributed by atoms with Gasteiger partial charge in [-0.25, -0.2) is 8.78 Å². The molecule has 7 heteroatoms. The molecule has 1 saturated carbocycles. The summed E-state index contributed by atoms with van der Waals surface area (Å²) in [5.74, 6) is -3.24. The van der Waals surface area contributed by atoms with Gasteiger partial charge in [0.05, 0.1) is 11.6 Å². The molecule has 1 fully saturated rings. The maximum absolute atomic E-state index is 13.6. The molecule has 0 bridgehead atoms. The van der Waals surface area contributed by atoms with Gasteiger partial charge < -0.3 is 5.32 Å². The molecule has 2 unspecified atom stereocenters. The molecule has 2 rings (SSSR count). The normalized spacial score (nSPS) is 23.1. The van der Waals surface area contributed by atoms with Gasteiger partial charge in [-0.2, -0.15) is 13.2 Å². The molecule has 1 aliphatic rings. The number of hydrogen-bond donors (Lipinski definition) is 1. The number of anilines is 1. The van der Waals surface area contributed by atoms with Crippen molar-refractivity contribution in [3.8, 4) is 0 Å². The Labute approximate surface area is 118 Å². The van der Waals surface area contributed by atoms with Crippen molar-refractivity contribution < 1.29 is 22.0 Å². The van der Waals surface area contributed by atoms with Crippen LogP contribution in [0.15, 0.2) is 12.1 Å². The Morgan fingerprint density at radius 1 is 1.20 bits per heavy atom. The van der Waals surface area contributed by atoms with Gasteiger partial charge in [0.2, 0.25) is 0 Å². The molecular formula is C13H13ClF5N. The Morgan fingerprint density at radius 3 is 2.50 bits per heavy atom. The van der Waals surface area contributed by atoms with Crippen molar-refractivity contribution in [3.63, 3.8) is 0 Å². The third-order valence-corrected chi connectivity index (χ3v) is 3.97. The lowest BCUT2D eigenvalue weighted by Gasteiger charge is -2.16. The Balaban J connectivity index is 1.93. The number of rotatable bonds is 3. The molecule has 0 aliphatic heterocycles. The van der Waals surface area contributed by atoms with Gasteiger partial charge in [0.1, 0.15) is 10.8 Å². The standard InChI is InChI=1S/C13H13ClF5N/c14-11-9(15)3-4-10(12(11)16)20-6-7-1-2-8(5-7)13(17,18)19/h3-4,7-8,20H,1-2,5-6H2. The highest BCUT2D eigenvalue weighted by Crippen LogP contribution is 2.41. The summed E-state index contributed by atoms with van der Waals surface area (Å²) in [6.07, 6.45) is -3.59. The largest absolute Gasteiger partial charge is 0.391 e. The summed E-state index contributed by atoms with van der Waals surface area (Å²) in [6.45, 7) is 0.214. The van der Waals surface area contributed by atoms with Crippen LogP contribution in [0.3, 0.4) is 0 Å². The van der Waals surface area contributed by atoms with Gasteiger partial charge >= 0.3 is 6.18 Å². The van der Waals surface area contributed by atoms with Gasteiger partial charge in [-0.15, -0.1) is 0 Å². The molecule has 2 atom stereocenters. The van der Waals surface area contributed by atoms with Crippen LogP contribution < -0.4 is 5.32 Å². The molecule has 0 radical (unpaired) electrons. The van der Waals surface area contributed by atoms with Crippen molar-refractivity contribution in [1.29, 1.82) is 0 Å². The molecule has 0 amide bonds. The van der Waals surface area contributed by atoms with Crippen molar-refractivity contribution >= 4 is 17.3 Å². The number of nitrogens with one attached hydrogen (secondary N) is 1. The first-order valence-corrected chi connectivity index (χ1v) is 6.61. The van der Waals surface area contributed by atoms with Gasteiger partial charge in [0.25, 0.3) is 0 Å². The molecule has 0 aromatic heterocycles. The molecule has 1 aromatic rings. The first-order valence-electron chi connectivity index (χ1n) is 6.23. The minimum atomic E-state index is -4.17. The Morgan fingerprint density at radius 2 is 1.90 bits per heavy atom. The summed E-state index contributed by atoms with van der Waals surface area (Å²) in [5, 5.41) is 2.09. The van der Waals surface area contributed by atoms with Crippen LogP contribution in [0.2, 0.25) is 5.02 Å². The van der Waals surface area contributed by atoms with Crippen LogP contribution in [-0.4, -0.2) is 12.7 Å². The van der Waals surface area contributed by atoms with E-state index in [1.807, 2.05) is 0 Å². The quantitative estimate of drug-likeness (QED) is 0.611. The van der Waals surface area contributed by atoms with Crippen molar-refractivity contribution in [2.24, 2.45) is 11.8 Å². The zero-order valence-electron chi connectivity index (χ0n) is 10.4. The van der Waals surface area contributed by atoms with Gasteiger partial charge in [-0.05, 0) is 37.3 Å². The highest BCUT2D eigenvalue weighted by atomic mass is 35.5. The molecule has 0 spiro atoms. The number of halogens is 6. The van der Waals surface area contributed by atoms with Crippen molar-refractivity contribution in [2.45, 2.75) is 25.4 Å². The van der Waals surface area contributed by atoms with Crippen LogP contribution in [0.1, 0.15) is 19.3 Å². The third kappa shape index (κ3) is 3.34. The number of hydrogen-bond acceptors (Lipinski definition) is 1. The third-order valence-electron chi connectivity index (χ3n) is 3.62. The molecule has 20 heavy (non-hydrogen) atoms. The monoisotopic (exact) mass is 313 g/mol. The molecule has 112 valence electrons. The molecule has 0 saturated heterocycles. The second-order valence-corrected chi connectivity index (χ2v) is 5.40. The lowest BCUT2D eigenvalue weighted by molar-refractivity contribution is -0.173. The fourth-order valence-electron chi connectivity index (χ4n) is 2.47. The highest BCUT2D eigenvalue weighted by Gasteiger charge is 2.43. The van der Waals surface area contributed by atoms with Crippen LogP contribution >= 0.6 is 11.6 Å². The van der Waals surface area contributed by atoms with Crippen molar-refractivity contribution in [3.05, 3.63) is 28.8 Å². The van der Waals surface area contributed by atoms with Crippen LogP contribution in [-0.2, 0) is 0 Å². The Kier molecular flexibility index (Phi) is 4.42. The van der Waals surface area contributed by atoms with E-state index in [9.17, 15) is 22.0 Å². The summed E-state index contributed by atoms with van der Waals surface area (Å²) in [6, 6.07) is 2.20. The number of benzene rings is 1. The first kappa shape index (κ1) is 15.4. The highest BCUT2D eigenvalue weighted by molar-refractivity contribution is 6.31. The molecule has 1 nitrogen and oxygen atoms in total. The lowest BCUT2D eigenvalue weighted by atomic mass is 10.0. The average molecular weight is 314 g/mol. The van der Waals surface area contributed by atoms with Gasteiger partial charge in [-0.3, -0.25) is 0 Å². The van der Waals surface area contributed by atoms with E-state index in [-0.39, 0.29) is 31.0 Å². The van der Waals surface area contributed by atoms with Gasteiger partial charge in [-0.1, -0.05) is 11.6 Å². The second-order valence-electron chi connectivity index (χ2n) is 5.02. The van der Waals surface area contributed by atoms with E-state index in [0.717, 1.165) is 6.07 Å². The summed E-state index contributed by atoms with van der Waals surface area (Å²) in [4.78, 5) is 0. The van der Waals surface area contributed by atoms with E-state index in [1.165, 1.54) is 6.07 Å². The predicted octanol–water partition coefficient (Wildman–Crippen LogP) is 5.01. The second kappa shape index (κ2) is 5.76. The van der Waals surface area contributed by atoms with E-state index in [2.05, 4.69) is 5.32 Å². The first-order chi connectivity index (χ1) is 9.29. The lowest BCUT2D eigenvalue weighted by Crippen LogP contribution is -2.21. The Hall–Kier alpha value is -1.04. The zero-order valence-corrected chi connectivity index (χ0v) is 11.2. The van der Waals surface area contributed by atoms with E-state index < -0.39 is 28.8 Å².